The summed E-state index contributed by atoms with van der Waals surface area (Å²) < 4.78 is 1.82. The maximum atomic E-state index is 8.36. The highest BCUT2D eigenvalue weighted by molar-refractivity contribution is 4.62. The molecule has 0 fully saturated rings. The summed E-state index contributed by atoms with van der Waals surface area (Å²) in [6.07, 6.45) is 4.67. The standard InChI is InChI=1S/C5H9N3.HNO3/c1-2-4-8-5-3-6-7-8;2-1(3)4/h3,5H,2,4H2,1H3;(H,2,3,4). The molecule has 0 aliphatic carbocycles. The molecule has 0 radical (unpaired) electrons. The van der Waals surface area contributed by atoms with E-state index >= 15 is 0 Å². The minimum atomic E-state index is -1.50. The third-order valence-corrected chi connectivity index (χ3v) is 0.925. The van der Waals surface area contributed by atoms with Crippen LogP contribution in [0.5, 0.6) is 0 Å². The number of hydrogen-bond donors (Lipinski definition) is 1. The van der Waals surface area contributed by atoms with Crippen molar-refractivity contribution in [2.24, 2.45) is 0 Å². The Kier molecular flexibility index (Phi) is 5.24. The van der Waals surface area contributed by atoms with Gasteiger partial charge in [-0.2, -0.15) is 0 Å². The molecule has 1 aromatic rings. The number of rotatable bonds is 2. The predicted molar refractivity (Wildman–Crippen MR) is 39.1 cm³/mol. The zero-order valence-electron chi connectivity index (χ0n) is 6.62. The van der Waals surface area contributed by atoms with Crippen LogP contribution >= 0.6 is 0 Å². The van der Waals surface area contributed by atoms with Crippen LogP contribution < -0.4 is 0 Å². The number of aryl methyl sites for hydroxylation is 1. The molecule has 1 heterocycles. The van der Waals surface area contributed by atoms with E-state index < -0.39 is 5.09 Å². The molecule has 12 heavy (non-hydrogen) atoms. The lowest BCUT2D eigenvalue weighted by atomic mass is 10.5. The topological polar surface area (TPSA) is 94.1 Å². The van der Waals surface area contributed by atoms with Gasteiger partial charge in [-0.15, -0.1) is 15.2 Å². The number of hydrogen-bond acceptors (Lipinski definition) is 4. The van der Waals surface area contributed by atoms with Crippen LogP contribution in [0, 0.1) is 10.1 Å². The van der Waals surface area contributed by atoms with E-state index in [0.29, 0.717) is 0 Å². The van der Waals surface area contributed by atoms with Crippen LogP contribution in [0.25, 0.3) is 0 Å². The lowest BCUT2D eigenvalue weighted by Gasteiger charge is -1.90. The lowest BCUT2D eigenvalue weighted by molar-refractivity contribution is -0.742. The summed E-state index contributed by atoms with van der Waals surface area (Å²) in [6, 6.07) is 0. The summed E-state index contributed by atoms with van der Waals surface area (Å²) in [5.41, 5.74) is 0. The highest BCUT2D eigenvalue weighted by atomic mass is 16.9. The quantitative estimate of drug-likeness (QED) is 0.515. The summed E-state index contributed by atoms with van der Waals surface area (Å²) >= 11 is 0. The Balaban J connectivity index is 0.000000261. The molecule has 68 valence electrons. The van der Waals surface area contributed by atoms with Gasteiger partial charge in [0.25, 0.3) is 5.09 Å². The molecule has 0 spiro atoms. The average Bonchev–Trinajstić information content (AvgIpc) is 2.39. The molecule has 0 unspecified atom stereocenters. The Morgan fingerprint density at radius 1 is 1.75 bits per heavy atom. The largest absolute Gasteiger partial charge is 0.328 e. The Bertz CT molecular complexity index is 206. The van der Waals surface area contributed by atoms with Crippen LogP contribution in [-0.2, 0) is 6.54 Å². The van der Waals surface area contributed by atoms with Crippen molar-refractivity contribution in [2.75, 3.05) is 0 Å². The molecular formula is C5H10N4O3. The molecular weight excluding hydrogens is 164 g/mol. The molecule has 0 aromatic carbocycles. The van der Waals surface area contributed by atoms with Gasteiger partial charge in [-0.1, -0.05) is 12.1 Å². The first-order chi connectivity index (χ1) is 5.66. The smallest absolute Gasteiger partial charge is 0.291 e. The summed E-state index contributed by atoms with van der Waals surface area (Å²) in [4.78, 5) is 8.36. The highest BCUT2D eigenvalue weighted by Gasteiger charge is 1.83. The maximum Gasteiger partial charge on any atom is 0.291 e. The minimum Gasteiger partial charge on any atom is -0.328 e. The van der Waals surface area contributed by atoms with Gasteiger partial charge in [-0.25, -0.2) is 0 Å². The molecule has 0 amide bonds. The molecule has 1 rings (SSSR count). The van der Waals surface area contributed by atoms with Crippen molar-refractivity contribution in [3.05, 3.63) is 22.5 Å². The fourth-order valence-corrected chi connectivity index (χ4v) is 0.581. The summed E-state index contributed by atoms with van der Waals surface area (Å²) in [5, 5.41) is 21.1. The fourth-order valence-electron chi connectivity index (χ4n) is 0.581. The van der Waals surface area contributed by atoms with Gasteiger partial charge in [0, 0.05) is 12.7 Å². The normalized spacial score (nSPS) is 8.42. The third kappa shape index (κ3) is 6.46. The number of aromatic nitrogens is 3. The van der Waals surface area contributed by atoms with E-state index in [2.05, 4.69) is 17.2 Å². The van der Waals surface area contributed by atoms with Crippen LogP contribution in [0.15, 0.2) is 12.4 Å². The molecule has 1 N–H and O–H groups in total. The van der Waals surface area contributed by atoms with Crippen LogP contribution in [0.3, 0.4) is 0 Å². The summed E-state index contributed by atoms with van der Waals surface area (Å²) in [7, 11) is 0. The van der Waals surface area contributed by atoms with Gasteiger partial charge in [-0.3, -0.25) is 4.68 Å². The van der Waals surface area contributed by atoms with Crippen molar-refractivity contribution in [3.63, 3.8) is 0 Å². The molecule has 7 nitrogen and oxygen atoms in total. The van der Waals surface area contributed by atoms with Crippen molar-refractivity contribution in [2.45, 2.75) is 19.9 Å². The Hall–Kier alpha value is -1.66. The molecule has 1 aromatic heterocycles. The van der Waals surface area contributed by atoms with Gasteiger partial charge in [0.2, 0.25) is 0 Å². The second kappa shape index (κ2) is 6.08. The van der Waals surface area contributed by atoms with E-state index in [0.717, 1.165) is 13.0 Å². The molecule has 0 bridgehead atoms. The zero-order chi connectivity index (χ0) is 9.40. The van der Waals surface area contributed by atoms with Crippen molar-refractivity contribution in [3.8, 4) is 0 Å². The third-order valence-electron chi connectivity index (χ3n) is 0.925. The zero-order valence-corrected chi connectivity index (χ0v) is 6.62. The summed E-state index contributed by atoms with van der Waals surface area (Å²) in [6.45, 7) is 3.08. The van der Waals surface area contributed by atoms with E-state index in [1.165, 1.54) is 0 Å². The Labute approximate surface area is 68.7 Å². The van der Waals surface area contributed by atoms with Crippen molar-refractivity contribution in [1.29, 1.82) is 0 Å². The monoisotopic (exact) mass is 174 g/mol. The van der Waals surface area contributed by atoms with Gasteiger partial charge in [-0.05, 0) is 6.42 Å². The first-order valence-corrected chi connectivity index (χ1v) is 3.34. The van der Waals surface area contributed by atoms with Crippen LogP contribution in [0.2, 0.25) is 0 Å². The van der Waals surface area contributed by atoms with Gasteiger partial charge in [0.15, 0.2) is 0 Å². The predicted octanol–water partition coefficient (Wildman–Crippen LogP) is 0.340. The van der Waals surface area contributed by atoms with Gasteiger partial charge < -0.3 is 5.21 Å². The van der Waals surface area contributed by atoms with E-state index in [-0.39, 0.29) is 0 Å². The van der Waals surface area contributed by atoms with E-state index in [4.69, 9.17) is 15.3 Å². The first kappa shape index (κ1) is 10.3. The SMILES string of the molecule is CCCn1ccnn1.O=[N+]([O-])O. The van der Waals surface area contributed by atoms with Crippen LogP contribution in [0.1, 0.15) is 13.3 Å². The Morgan fingerprint density at radius 3 is 2.67 bits per heavy atom. The number of nitrogens with zero attached hydrogens (tertiary/aromatic N) is 4. The summed E-state index contributed by atoms with van der Waals surface area (Å²) in [5.74, 6) is 0. The van der Waals surface area contributed by atoms with Gasteiger partial charge in [0.1, 0.15) is 0 Å². The van der Waals surface area contributed by atoms with Gasteiger partial charge in [0.05, 0.1) is 6.20 Å². The maximum absolute atomic E-state index is 8.36. The average molecular weight is 174 g/mol. The Morgan fingerprint density at radius 2 is 2.33 bits per heavy atom. The van der Waals surface area contributed by atoms with Crippen LogP contribution in [-0.4, -0.2) is 25.3 Å². The van der Waals surface area contributed by atoms with Crippen molar-refractivity contribution < 1.29 is 10.3 Å². The molecule has 0 saturated heterocycles. The van der Waals surface area contributed by atoms with Crippen LogP contribution in [0.4, 0.5) is 0 Å². The molecule has 7 heteroatoms. The van der Waals surface area contributed by atoms with E-state index in [1.54, 1.807) is 6.20 Å². The highest BCUT2D eigenvalue weighted by Crippen LogP contribution is 1.83. The van der Waals surface area contributed by atoms with Crippen molar-refractivity contribution >= 4 is 0 Å². The minimum absolute atomic E-state index is 0.972. The second-order valence-electron chi connectivity index (χ2n) is 1.90. The molecule has 0 saturated carbocycles. The van der Waals surface area contributed by atoms with Crippen molar-refractivity contribution in [1.82, 2.24) is 15.0 Å². The lowest BCUT2D eigenvalue weighted by Crippen LogP contribution is -1.96. The second-order valence-corrected chi connectivity index (χ2v) is 1.90. The fraction of sp³-hybridized carbons (Fsp3) is 0.600. The van der Waals surface area contributed by atoms with E-state index in [1.807, 2.05) is 10.9 Å². The first-order valence-electron chi connectivity index (χ1n) is 3.34. The molecule has 0 aliphatic rings. The van der Waals surface area contributed by atoms with Gasteiger partial charge >= 0.3 is 0 Å². The molecule has 0 atom stereocenters. The van der Waals surface area contributed by atoms with E-state index in [9.17, 15) is 0 Å². The molecule has 0 aliphatic heterocycles.